The van der Waals surface area contributed by atoms with Crippen LogP contribution in [0.3, 0.4) is 0 Å². The number of hydrogen-bond donors (Lipinski definition) is 1. The minimum absolute atomic E-state index is 0.0420. The minimum atomic E-state index is -1.11. The Bertz CT molecular complexity index is 782. The van der Waals surface area contributed by atoms with Gasteiger partial charge in [0, 0.05) is 6.07 Å². The summed E-state index contributed by atoms with van der Waals surface area (Å²) in [4.78, 5) is 22.1. The number of carbonyl (C=O) groups is 1. The van der Waals surface area contributed by atoms with Crippen LogP contribution in [0.2, 0.25) is 0 Å². The number of nitro benzene ring substituents is 1. The first-order chi connectivity index (χ1) is 11.4. The van der Waals surface area contributed by atoms with Crippen molar-refractivity contribution in [1.29, 1.82) is 0 Å². The van der Waals surface area contributed by atoms with Gasteiger partial charge in [-0.15, -0.1) is 0 Å². The Morgan fingerprint density at radius 1 is 1.17 bits per heavy atom. The highest BCUT2D eigenvalue weighted by Gasteiger charge is 2.17. The van der Waals surface area contributed by atoms with Crippen molar-refractivity contribution in [3.8, 4) is 11.5 Å². The van der Waals surface area contributed by atoms with Crippen molar-refractivity contribution >= 4 is 17.3 Å². The largest absolute Gasteiger partial charge is 0.496 e. The summed E-state index contributed by atoms with van der Waals surface area (Å²) in [6.07, 6.45) is 0. The average Bonchev–Trinajstić information content (AvgIpc) is 2.56. The Hall–Kier alpha value is -3.23. The second-order valence-corrected chi connectivity index (χ2v) is 4.55. The maximum absolute atomic E-state index is 13.0. The lowest BCUT2D eigenvalue weighted by Gasteiger charge is -2.09. The molecule has 126 valence electrons. The third kappa shape index (κ3) is 4.15. The van der Waals surface area contributed by atoms with E-state index in [1.54, 1.807) is 0 Å². The summed E-state index contributed by atoms with van der Waals surface area (Å²) < 4.78 is 35.7. The first kappa shape index (κ1) is 17.1. The van der Waals surface area contributed by atoms with Crippen LogP contribution in [-0.2, 0) is 4.79 Å². The van der Waals surface area contributed by atoms with Crippen LogP contribution in [0.4, 0.5) is 20.2 Å². The van der Waals surface area contributed by atoms with Crippen LogP contribution in [-0.4, -0.2) is 24.5 Å². The lowest BCUT2D eigenvalue weighted by Crippen LogP contribution is -2.20. The maximum Gasteiger partial charge on any atom is 0.296 e. The Balaban J connectivity index is 2.04. The highest BCUT2D eigenvalue weighted by Crippen LogP contribution is 2.28. The van der Waals surface area contributed by atoms with Gasteiger partial charge in [-0.2, -0.15) is 0 Å². The van der Waals surface area contributed by atoms with Crippen molar-refractivity contribution in [3.63, 3.8) is 0 Å². The van der Waals surface area contributed by atoms with Crippen molar-refractivity contribution in [1.82, 2.24) is 0 Å². The number of hydrogen-bond acceptors (Lipinski definition) is 5. The Morgan fingerprint density at radius 3 is 2.50 bits per heavy atom. The maximum atomic E-state index is 13.0. The molecule has 1 amide bonds. The van der Waals surface area contributed by atoms with Crippen molar-refractivity contribution in [2.24, 2.45) is 0 Å². The SMILES string of the molecule is COc1ccc(NC(=O)COc2ccc(F)c(F)c2)c([N+](=O)[O-])c1. The normalized spacial score (nSPS) is 10.1. The predicted octanol–water partition coefficient (Wildman–Crippen LogP) is 2.90. The van der Waals surface area contributed by atoms with E-state index in [1.807, 2.05) is 0 Å². The number of nitrogens with zero attached hydrogens (tertiary/aromatic N) is 1. The summed E-state index contributed by atoms with van der Waals surface area (Å²) in [5, 5.41) is 13.3. The zero-order chi connectivity index (χ0) is 17.7. The molecular formula is C15H12F2N2O5. The number of halogens is 2. The number of methoxy groups -OCH3 is 1. The van der Waals surface area contributed by atoms with Crippen LogP contribution < -0.4 is 14.8 Å². The fourth-order valence-electron chi connectivity index (χ4n) is 1.80. The second-order valence-electron chi connectivity index (χ2n) is 4.55. The molecule has 2 aromatic carbocycles. The van der Waals surface area contributed by atoms with Gasteiger partial charge < -0.3 is 14.8 Å². The molecule has 0 aliphatic carbocycles. The summed E-state index contributed by atoms with van der Waals surface area (Å²) in [6, 6.07) is 6.72. The van der Waals surface area contributed by atoms with E-state index in [2.05, 4.69) is 5.32 Å². The summed E-state index contributed by atoms with van der Waals surface area (Å²) in [5.74, 6) is -2.64. The number of nitro groups is 1. The van der Waals surface area contributed by atoms with Crippen LogP contribution in [0.5, 0.6) is 11.5 Å². The van der Waals surface area contributed by atoms with E-state index in [4.69, 9.17) is 9.47 Å². The molecule has 7 nitrogen and oxygen atoms in total. The topological polar surface area (TPSA) is 90.7 Å². The van der Waals surface area contributed by atoms with Crippen LogP contribution in [0.15, 0.2) is 36.4 Å². The molecule has 9 heteroatoms. The molecule has 0 radical (unpaired) electrons. The molecule has 24 heavy (non-hydrogen) atoms. The lowest BCUT2D eigenvalue weighted by atomic mass is 10.2. The summed E-state index contributed by atoms with van der Waals surface area (Å²) in [6.45, 7) is -0.533. The molecule has 0 fully saturated rings. The predicted molar refractivity (Wildman–Crippen MR) is 80.1 cm³/mol. The molecule has 0 bridgehead atoms. The van der Waals surface area contributed by atoms with E-state index in [0.29, 0.717) is 0 Å². The van der Waals surface area contributed by atoms with E-state index in [9.17, 15) is 23.7 Å². The standard InChI is InChI=1S/C15H12F2N2O5/c1-23-9-3-5-13(14(7-9)19(21)22)18-15(20)8-24-10-2-4-11(16)12(17)6-10/h2-7H,8H2,1H3,(H,18,20). The van der Waals surface area contributed by atoms with Gasteiger partial charge in [0.15, 0.2) is 18.2 Å². The molecule has 0 unspecified atom stereocenters. The number of amides is 1. The molecule has 0 saturated heterocycles. The van der Waals surface area contributed by atoms with Crippen molar-refractivity contribution < 1.29 is 28.0 Å². The third-order valence-corrected chi connectivity index (χ3v) is 2.94. The van der Waals surface area contributed by atoms with Crippen LogP contribution >= 0.6 is 0 Å². The van der Waals surface area contributed by atoms with E-state index >= 15 is 0 Å². The molecule has 0 saturated carbocycles. The molecule has 0 aliphatic rings. The Morgan fingerprint density at radius 2 is 1.88 bits per heavy atom. The van der Waals surface area contributed by atoms with Crippen LogP contribution in [0, 0.1) is 21.7 Å². The molecule has 0 heterocycles. The average molecular weight is 338 g/mol. The summed E-state index contributed by atoms with van der Waals surface area (Å²) in [7, 11) is 1.35. The number of benzene rings is 2. The van der Waals surface area contributed by atoms with Gasteiger partial charge in [-0.3, -0.25) is 14.9 Å². The van der Waals surface area contributed by atoms with Gasteiger partial charge in [0.1, 0.15) is 17.2 Å². The van der Waals surface area contributed by atoms with Gasteiger partial charge in [0.2, 0.25) is 0 Å². The zero-order valence-corrected chi connectivity index (χ0v) is 12.4. The van der Waals surface area contributed by atoms with Crippen LogP contribution in [0.1, 0.15) is 0 Å². The fourth-order valence-corrected chi connectivity index (χ4v) is 1.80. The number of anilines is 1. The summed E-state index contributed by atoms with van der Waals surface area (Å²) in [5.41, 5.74) is -0.393. The smallest absolute Gasteiger partial charge is 0.296 e. The van der Waals surface area contributed by atoms with Crippen molar-refractivity contribution in [2.75, 3.05) is 19.0 Å². The molecule has 0 spiro atoms. The molecule has 2 aromatic rings. The van der Waals surface area contributed by atoms with E-state index < -0.39 is 29.1 Å². The first-order valence-electron chi connectivity index (χ1n) is 6.61. The Kier molecular flexibility index (Phi) is 5.25. The monoisotopic (exact) mass is 338 g/mol. The van der Waals surface area contributed by atoms with Gasteiger partial charge in [0.25, 0.3) is 11.6 Å². The zero-order valence-electron chi connectivity index (χ0n) is 12.4. The quantitative estimate of drug-likeness (QED) is 0.646. The number of ether oxygens (including phenoxy) is 2. The van der Waals surface area contributed by atoms with Gasteiger partial charge in [-0.25, -0.2) is 8.78 Å². The Labute approximate surface area is 135 Å². The highest BCUT2D eigenvalue weighted by molar-refractivity contribution is 5.94. The minimum Gasteiger partial charge on any atom is -0.496 e. The van der Waals surface area contributed by atoms with E-state index in [1.165, 1.54) is 19.2 Å². The van der Waals surface area contributed by atoms with Gasteiger partial charge in [-0.05, 0) is 24.3 Å². The molecular weight excluding hydrogens is 326 g/mol. The van der Waals surface area contributed by atoms with Gasteiger partial charge >= 0.3 is 0 Å². The van der Waals surface area contributed by atoms with Gasteiger partial charge in [-0.1, -0.05) is 0 Å². The molecule has 1 N–H and O–H groups in total. The molecule has 0 atom stereocenters. The molecule has 2 rings (SSSR count). The molecule has 0 aliphatic heterocycles. The third-order valence-electron chi connectivity index (χ3n) is 2.94. The van der Waals surface area contributed by atoms with Crippen molar-refractivity contribution in [3.05, 3.63) is 58.1 Å². The highest BCUT2D eigenvalue weighted by atomic mass is 19.2. The number of rotatable bonds is 6. The number of carbonyl (C=O) groups excluding carboxylic acids is 1. The summed E-state index contributed by atoms with van der Waals surface area (Å²) >= 11 is 0. The lowest BCUT2D eigenvalue weighted by molar-refractivity contribution is -0.384. The first-order valence-corrected chi connectivity index (χ1v) is 6.61. The van der Waals surface area contributed by atoms with Crippen LogP contribution in [0.25, 0.3) is 0 Å². The molecule has 0 aromatic heterocycles. The number of nitrogens with one attached hydrogen (secondary N) is 1. The fraction of sp³-hybridized carbons (Fsp3) is 0.133. The second kappa shape index (κ2) is 7.36. The van der Waals surface area contributed by atoms with E-state index in [-0.39, 0.29) is 22.9 Å². The van der Waals surface area contributed by atoms with E-state index in [0.717, 1.165) is 24.3 Å². The van der Waals surface area contributed by atoms with Crippen molar-refractivity contribution in [2.45, 2.75) is 0 Å². The van der Waals surface area contributed by atoms with Gasteiger partial charge in [0.05, 0.1) is 18.1 Å².